The van der Waals surface area contributed by atoms with Gasteiger partial charge in [0.2, 0.25) is 0 Å². The Balaban J connectivity index is 1.71. The van der Waals surface area contributed by atoms with Gasteiger partial charge in [0.1, 0.15) is 0 Å². The predicted octanol–water partition coefficient (Wildman–Crippen LogP) is 2.59. The molecule has 0 spiro atoms. The van der Waals surface area contributed by atoms with E-state index in [1.165, 1.54) is 38.0 Å². The molecule has 0 aliphatic carbocycles. The van der Waals surface area contributed by atoms with Gasteiger partial charge >= 0.3 is 0 Å². The normalized spacial score (nSPS) is 18.5. The maximum atomic E-state index is 3.79. The van der Waals surface area contributed by atoms with Crippen molar-refractivity contribution in [2.45, 2.75) is 38.3 Å². The van der Waals surface area contributed by atoms with Gasteiger partial charge in [0, 0.05) is 30.9 Å². The van der Waals surface area contributed by atoms with Crippen LogP contribution in [-0.4, -0.2) is 50.7 Å². The molecule has 3 heteroatoms. The van der Waals surface area contributed by atoms with Crippen LogP contribution in [0.2, 0.25) is 0 Å². The van der Waals surface area contributed by atoms with Crippen molar-refractivity contribution in [1.29, 1.82) is 0 Å². The van der Waals surface area contributed by atoms with Crippen molar-refractivity contribution in [1.82, 2.24) is 10.2 Å². The minimum absolute atomic E-state index is 0.616. The third-order valence-corrected chi connectivity index (χ3v) is 4.15. The van der Waals surface area contributed by atoms with Crippen LogP contribution in [0.4, 0.5) is 5.69 Å². The molecule has 1 aliphatic rings. The fourth-order valence-corrected chi connectivity index (χ4v) is 2.88. The lowest BCUT2D eigenvalue weighted by Crippen LogP contribution is -2.46. The summed E-state index contributed by atoms with van der Waals surface area (Å²) in [5.74, 6) is 0. The molecule has 1 heterocycles. The van der Waals surface area contributed by atoms with Crippen molar-refractivity contribution < 1.29 is 0 Å². The molecule has 112 valence electrons. The Morgan fingerprint density at radius 1 is 1.20 bits per heavy atom. The minimum Gasteiger partial charge on any atom is -0.371 e. The van der Waals surface area contributed by atoms with Gasteiger partial charge in [-0.15, -0.1) is 0 Å². The van der Waals surface area contributed by atoms with E-state index in [9.17, 15) is 0 Å². The number of nitrogens with zero attached hydrogens (tertiary/aromatic N) is 2. The number of rotatable bonds is 6. The first-order valence-electron chi connectivity index (χ1n) is 7.86. The number of piperidine rings is 1. The van der Waals surface area contributed by atoms with E-state index in [2.05, 4.69) is 66.5 Å². The Bertz CT molecular complexity index is 369. The van der Waals surface area contributed by atoms with Gasteiger partial charge in [-0.2, -0.15) is 0 Å². The van der Waals surface area contributed by atoms with E-state index in [4.69, 9.17) is 0 Å². The Morgan fingerprint density at radius 2 is 1.85 bits per heavy atom. The second kappa shape index (κ2) is 7.65. The number of hydrogen-bond acceptors (Lipinski definition) is 3. The molecule has 1 fully saturated rings. The average molecular weight is 275 g/mol. The first-order valence-corrected chi connectivity index (χ1v) is 7.86. The SMILES string of the molecule is CC(CCN(C)C)NC1CCN(c2ccccc2)CC1. The minimum atomic E-state index is 0.616. The highest BCUT2D eigenvalue weighted by molar-refractivity contribution is 5.46. The number of hydrogen-bond donors (Lipinski definition) is 1. The zero-order valence-electron chi connectivity index (χ0n) is 13.2. The van der Waals surface area contributed by atoms with Gasteiger partial charge in [-0.05, 0) is 59.0 Å². The van der Waals surface area contributed by atoms with Gasteiger partial charge < -0.3 is 15.1 Å². The van der Waals surface area contributed by atoms with Crippen LogP contribution in [0.3, 0.4) is 0 Å². The van der Waals surface area contributed by atoms with Crippen molar-refractivity contribution in [3.8, 4) is 0 Å². The fourth-order valence-electron chi connectivity index (χ4n) is 2.88. The summed E-state index contributed by atoms with van der Waals surface area (Å²) in [6.45, 7) is 5.81. The predicted molar refractivity (Wildman–Crippen MR) is 87.4 cm³/mol. The first-order chi connectivity index (χ1) is 9.65. The summed E-state index contributed by atoms with van der Waals surface area (Å²) in [5.41, 5.74) is 1.37. The third kappa shape index (κ3) is 4.80. The molecule has 0 bridgehead atoms. The van der Waals surface area contributed by atoms with E-state index in [1.807, 2.05) is 0 Å². The summed E-state index contributed by atoms with van der Waals surface area (Å²) in [5, 5.41) is 3.79. The van der Waals surface area contributed by atoms with E-state index < -0.39 is 0 Å². The Morgan fingerprint density at radius 3 is 2.45 bits per heavy atom. The van der Waals surface area contributed by atoms with E-state index in [-0.39, 0.29) is 0 Å². The van der Waals surface area contributed by atoms with E-state index in [0.29, 0.717) is 12.1 Å². The van der Waals surface area contributed by atoms with Crippen LogP contribution in [-0.2, 0) is 0 Å². The molecule has 3 nitrogen and oxygen atoms in total. The Hall–Kier alpha value is -1.06. The van der Waals surface area contributed by atoms with Gasteiger partial charge in [-0.3, -0.25) is 0 Å². The maximum Gasteiger partial charge on any atom is 0.0366 e. The van der Waals surface area contributed by atoms with Crippen molar-refractivity contribution in [3.63, 3.8) is 0 Å². The molecule has 1 aliphatic heterocycles. The lowest BCUT2D eigenvalue weighted by atomic mass is 10.0. The molecule has 2 rings (SSSR count). The van der Waals surface area contributed by atoms with Crippen LogP contribution >= 0.6 is 0 Å². The van der Waals surface area contributed by atoms with Crippen molar-refractivity contribution in [2.24, 2.45) is 0 Å². The second-order valence-electron chi connectivity index (χ2n) is 6.26. The lowest BCUT2D eigenvalue weighted by molar-refractivity contribution is 0.327. The molecule has 1 saturated heterocycles. The highest BCUT2D eigenvalue weighted by atomic mass is 15.1. The van der Waals surface area contributed by atoms with Crippen LogP contribution in [0.15, 0.2) is 30.3 Å². The van der Waals surface area contributed by atoms with Gasteiger partial charge in [0.05, 0.1) is 0 Å². The van der Waals surface area contributed by atoms with Crippen molar-refractivity contribution in [2.75, 3.05) is 38.6 Å². The molecule has 1 aromatic rings. The maximum absolute atomic E-state index is 3.79. The van der Waals surface area contributed by atoms with Crippen LogP contribution in [0.25, 0.3) is 0 Å². The van der Waals surface area contributed by atoms with Crippen molar-refractivity contribution >= 4 is 5.69 Å². The molecule has 0 radical (unpaired) electrons. The molecule has 0 aromatic heterocycles. The summed E-state index contributed by atoms with van der Waals surface area (Å²) in [4.78, 5) is 4.76. The smallest absolute Gasteiger partial charge is 0.0366 e. The molecular formula is C17H29N3. The van der Waals surface area contributed by atoms with E-state index in [1.54, 1.807) is 0 Å². The summed E-state index contributed by atoms with van der Waals surface area (Å²) >= 11 is 0. The Kier molecular flexibility index (Phi) is 5.86. The summed E-state index contributed by atoms with van der Waals surface area (Å²) < 4.78 is 0. The molecular weight excluding hydrogens is 246 g/mol. The average Bonchev–Trinajstić information content (AvgIpc) is 2.47. The van der Waals surface area contributed by atoms with Gasteiger partial charge in [-0.1, -0.05) is 18.2 Å². The van der Waals surface area contributed by atoms with Gasteiger partial charge in [0.25, 0.3) is 0 Å². The van der Waals surface area contributed by atoms with Crippen LogP contribution in [0.1, 0.15) is 26.2 Å². The number of nitrogens with one attached hydrogen (secondary N) is 1. The zero-order valence-corrected chi connectivity index (χ0v) is 13.2. The summed E-state index contributed by atoms with van der Waals surface area (Å²) in [7, 11) is 4.29. The second-order valence-corrected chi connectivity index (χ2v) is 6.26. The Labute approximate surface area is 124 Å². The third-order valence-electron chi connectivity index (χ3n) is 4.15. The molecule has 1 unspecified atom stereocenters. The van der Waals surface area contributed by atoms with Crippen LogP contribution < -0.4 is 10.2 Å². The summed E-state index contributed by atoms with van der Waals surface area (Å²) in [6.07, 6.45) is 3.73. The molecule has 1 N–H and O–H groups in total. The van der Waals surface area contributed by atoms with Gasteiger partial charge in [0.15, 0.2) is 0 Å². The number of para-hydroxylation sites is 1. The van der Waals surface area contributed by atoms with Crippen molar-refractivity contribution in [3.05, 3.63) is 30.3 Å². The topological polar surface area (TPSA) is 18.5 Å². The fraction of sp³-hybridized carbons (Fsp3) is 0.647. The zero-order chi connectivity index (χ0) is 14.4. The summed E-state index contributed by atoms with van der Waals surface area (Å²) in [6, 6.07) is 12.1. The number of anilines is 1. The standard InChI is InChI=1S/C17H29N3/c1-15(9-12-19(2)3)18-16-10-13-20(14-11-16)17-7-5-4-6-8-17/h4-8,15-16,18H,9-14H2,1-3H3. The molecule has 0 saturated carbocycles. The van der Waals surface area contributed by atoms with E-state index in [0.717, 1.165) is 6.54 Å². The van der Waals surface area contributed by atoms with Gasteiger partial charge in [-0.25, -0.2) is 0 Å². The molecule has 1 atom stereocenters. The van der Waals surface area contributed by atoms with Crippen LogP contribution in [0, 0.1) is 0 Å². The quantitative estimate of drug-likeness (QED) is 0.861. The molecule has 20 heavy (non-hydrogen) atoms. The lowest BCUT2D eigenvalue weighted by Gasteiger charge is -2.35. The number of benzene rings is 1. The highest BCUT2D eigenvalue weighted by Gasteiger charge is 2.20. The largest absolute Gasteiger partial charge is 0.371 e. The molecule has 0 amide bonds. The highest BCUT2D eigenvalue weighted by Crippen LogP contribution is 2.19. The molecule has 1 aromatic carbocycles. The van der Waals surface area contributed by atoms with E-state index >= 15 is 0 Å². The van der Waals surface area contributed by atoms with Crippen LogP contribution in [0.5, 0.6) is 0 Å². The first kappa shape index (κ1) is 15.3. The monoisotopic (exact) mass is 275 g/mol.